The Bertz CT molecular complexity index is 395. The fraction of sp³-hybridized carbons (Fsp3) is 0.143. The number of nitrogens with zero attached hydrogens (tertiary/aromatic N) is 4. The lowest BCUT2D eigenvalue weighted by Gasteiger charge is -2.01. The lowest BCUT2D eigenvalue weighted by Crippen LogP contribution is -1.98. The van der Waals surface area contributed by atoms with Gasteiger partial charge in [-0.05, 0) is 18.0 Å². The van der Waals surface area contributed by atoms with Gasteiger partial charge in [0.05, 0.1) is 11.3 Å². The van der Waals surface area contributed by atoms with E-state index in [1.165, 1.54) is 6.20 Å². The van der Waals surface area contributed by atoms with Gasteiger partial charge in [-0.3, -0.25) is 4.98 Å². The van der Waals surface area contributed by atoms with Gasteiger partial charge in [0.2, 0.25) is 0 Å². The topological polar surface area (TPSA) is 99.0 Å². The average molecular weight is 178 g/mol. The van der Waals surface area contributed by atoms with Gasteiger partial charge < -0.3 is 5.11 Å². The molecule has 0 fully saturated rings. The number of aromatic carboxylic acids is 1. The molecule has 0 saturated carbocycles. The van der Waals surface area contributed by atoms with Gasteiger partial charge >= 0.3 is 5.97 Å². The zero-order chi connectivity index (χ0) is 9.84. The molecule has 66 valence electrons. The number of aryl methyl sites for hydroxylation is 1. The van der Waals surface area contributed by atoms with Crippen molar-refractivity contribution in [2.45, 2.75) is 6.92 Å². The summed E-state index contributed by atoms with van der Waals surface area (Å²) in [4.78, 5) is 16.9. The zero-order valence-corrected chi connectivity index (χ0v) is 6.80. The Hall–Kier alpha value is -2.07. The number of carboxylic acid groups (broad SMARTS) is 1. The number of aromatic nitrogens is 1. The van der Waals surface area contributed by atoms with E-state index in [0.29, 0.717) is 5.56 Å². The van der Waals surface area contributed by atoms with Gasteiger partial charge in [-0.15, -0.1) is 0 Å². The van der Waals surface area contributed by atoms with Crippen molar-refractivity contribution in [1.29, 1.82) is 0 Å². The van der Waals surface area contributed by atoms with Crippen molar-refractivity contribution >= 4 is 11.7 Å². The number of rotatable bonds is 2. The van der Waals surface area contributed by atoms with Crippen LogP contribution in [0.1, 0.15) is 15.9 Å². The molecule has 13 heavy (non-hydrogen) atoms. The van der Waals surface area contributed by atoms with E-state index in [0.717, 1.165) is 6.20 Å². The SMILES string of the molecule is Cc1cncc(C(=O)O)c1N=[N+]=[N-]. The number of carboxylic acids is 1. The number of hydrogen-bond acceptors (Lipinski definition) is 3. The first-order valence-electron chi connectivity index (χ1n) is 3.40. The molecule has 6 heteroatoms. The summed E-state index contributed by atoms with van der Waals surface area (Å²) in [5, 5.41) is 12.0. The molecule has 0 amide bonds. The maximum Gasteiger partial charge on any atom is 0.337 e. The third-order valence-electron chi connectivity index (χ3n) is 1.48. The molecule has 6 nitrogen and oxygen atoms in total. The van der Waals surface area contributed by atoms with Crippen molar-refractivity contribution in [3.8, 4) is 0 Å². The first-order valence-corrected chi connectivity index (χ1v) is 3.40. The number of azide groups is 1. The molecule has 1 aromatic rings. The highest BCUT2D eigenvalue weighted by Crippen LogP contribution is 2.22. The van der Waals surface area contributed by atoms with Gasteiger partial charge in [-0.25, -0.2) is 4.79 Å². The van der Waals surface area contributed by atoms with Crippen LogP contribution in [0.15, 0.2) is 17.5 Å². The van der Waals surface area contributed by atoms with Crippen LogP contribution in [0.25, 0.3) is 10.4 Å². The normalized spacial score (nSPS) is 9.00. The summed E-state index contributed by atoms with van der Waals surface area (Å²) >= 11 is 0. The fourth-order valence-corrected chi connectivity index (χ4v) is 0.892. The first-order chi connectivity index (χ1) is 6.16. The quantitative estimate of drug-likeness (QED) is 0.426. The van der Waals surface area contributed by atoms with Crippen LogP contribution in [0, 0.1) is 6.92 Å². The Morgan fingerprint density at radius 3 is 2.92 bits per heavy atom. The van der Waals surface area contributed by atoms with Crippen LogP contribution >= 0.6 is 0 Å². The molecule has 0 spiro atoms. The van der Waals surface area contributed by atoms with E-state index >= 15 is 0 Å². The van der Waals surface area contributed by atoms with Crippen LogP contribution in [0.3, 0.4) is 0 Å². The second kappa shape index (κ2) is 3.55. The predicted molar refractivity (Wildman–Crippen MR) is 44.7 cm³/mol. The molecule has 0 aliphatic carbocycles. The first kappa shape index (κ1) is 9.02. The summed E-state index contributed by atoms with van der Waals surface area (Å²) in [5.41, 5.74) is 8.77. The summed E-state index contributed by atoms with van der Waals surface area (Å²) in [6.07, 6.45) is 2.59. The van der Waals surface area contributed by atoms with Gasteiger partial charge in [0.15, 0.2) is 0 Å². The lowest BCUT2D eigenvalue weighted by atomic mass is 10.2. The standard InChI is InChI=1S/C7H6N4O2/c1-4-2-9-3-5(7(12)13)6(4)10-11-8/h2-3H,1H3,(H,12,13). The predicted octanol–water partition coefficient (Wildman–Crippen LogP) is 2.03. The molecule has 0 bridgehead atoms. The van der Waals surface area contributed by atoms with Crippen molar-refractivity contribution in [3.05, 3.63) is 34.0 Å². The van der Waals surface area contributed by atoms with E-state index < -0.39 is 5.97 Å². The molecule has 1 heterocycles. The third kappa shape index (κ3) is 1.74. The second-order valence-electron chi connectivity index (χ2n) is 2.35. The van der Waals surface area contributed by atoms with Crippen LogP contribution in [-0.4, -0.2) is 16.1 Å². The largest absolute Gasteiger partial charge is 0.478 e. The summed E-state index contributed by atoms with van der Waals surface area (Å²) in [5.74, 6) is -1.15. The van der Waals surface area contributed by atoms with Crippen LogP contribution in [0.5, 0.6) is 0 Å². The summed E-state index contributed by atoms with van der Waals surface area (Å²) in [6.45, 7) is 1.63. The molecule has 1 rings (SSSR count). The molecule has 0 aliphatic heterocycles. The highest BCUT2D eigenvalue weighted by atomic mass is 16.4. The van der Waals surface area contributed by atoms with E-state index in [4.69, 9.17) is 10.6 Å². The fourth-order valence-electron chi connectivity index (χ4n) is 0.892. The van der Waals surface area contributed by atoms with E-state index in [1.807, 2.05) is 0 Å². The van der Waals surface area contributed by atoms with Gasteiger partial charge in [-0.2, -0.15) is 0 Å². The molecular weight excluding hydrogens is 172 g/mol. The second-order valence-corrected chi connectivity index (χ2v) is 2.35. The number of pyridine rings is 1. The van der Waals surface area contributed by atoms with Crippen LogP contribution < -0.4 is 0 Å². The van der Waals surface area contributed by atoms with Crippen molar-refractivity contribution in [2.24, 2.45) is 5.11 Å². The summed E-state index contributed by atoms with van der Waals surface area (Å²) < 4.78 is 0. The van der Waals surface area contributed by atoms with E-state index in [-0.39, 0.29) is 11.3 Å². The molecule has 1 aromatic heterocycles. The van der Waals surface area contributed by atoms with Crippen molar-refractivity contribution in [1.82, 2.24) is 4.98 Å². The maximum atomic E-state index is 10.6. The van der Waals surface area contributed by atoms with Crippen molar-refractivity contribution in [3.63, 3.8) is 0 Å². The van der Waals surface area contributed by atoms with E-state index in [1.54, 1.807) is 6.92 Å². The smallest absolute Gasteiger partial charge is 0.337 e. The number of hydrogen-bond donors (Lipinski definition) is 1. The molecule has 0 atom stereocenters. The molecule has 0 unspecified atom stereocenters. The Kier molecular flexibility index (Phi) is 2.47. The highest BCUT2D eigenvalue weighted by Gasteiger charge is 2.10. The van der Waals surface area contributed by atoms with Gasteiger partial charge in [0.25, 0.3) is 0 Å². The Labute approximate surface area is 73.5 Å². The van der Waals surface area contributed by atoms with Crippen LogP contribution in [0.4, 0.5) is 5.69 Å². The Morgan fingerprint density at radius 2 is 2.38 bits per heavy atom. The minimum absolute atomic E-state index is 0.0854. The monoisotopic (exact) mass is 178 g/mol. The Morgan fingerprint density at radius 1 is 1.69 bits per heavy atom. The average Bonchev–Trinajstić information content (AvgIpc) is 2.08. The molecular formula is C7H6N4O2. The molecule has 0 saturated heterocycles. The Balaban J connectivity index is 3.42. The summed E-state index contributed by atoms with van der Waals surface area (Å²) in [7, 11) is 0. The molecule has 0 aromatic carbocycles. The zero-order valence-electron chi connectivity index (χ0n) is 6.80. The van der Waals surface area contributed by atoms with E-state index in [9.17, 15) is 4.79 Å². The minimum Gasteiger partial charge on any atom is -0.478 e. The van der Waals surface area contributed by atoms with Gasteiger partial charge in [0.1, 0.15) is 0 Å². The molecule has 1 N–H and O–H groups in total. The van der Waals surface area contributed by atoms with Crippen molar-refractivity contribution in [2.75, 3.05) is 0 Å². The third-order valence-corrected chi connectivity index (χ3v) is 1.48. The molecule has 0 radical (unpaired) electrons. The van der Waals surface area contributed by atoms with E-state index in [2.05, 4.69) is 15.0 Å². The van der Waals surface area contributed by atoms with Crippen LogP contribution in [0.2, 0.25) is 0 Å². The summed E-state index contributed by atoms with van der Waals surface area (Å²) in [6, 6.07) is 0. The van der Waals surface area contributed by atoms with Gasteiger partial charge in [-0.1, -0.05) is 5.11 Å². The van der Waals surface area contributed by atoms with Crippen molar-refractivity contribution < 1.29 is 9.90 Å². The van der Waals surface area contributed by atoms with Gasteiger partial charge in [0, 0.05) is 17.3 Å². The highest BCUT2D eigenvalue weighted by molar-refractivity contribution is 5.93. The maximum absolute atomic E-state index is 10.6. The number of carbonyl (C=O) groups is 1. The minimum atomic E-state index is -1.15. The lowest BCUT2D eigenvalue weighted by molar-refractivity contribution is 0.0697. The van der Waals surface area contributed by atoms with Crippen LogP contribution in [-0.2, 0) is 0 Å². The molecule has 0 aliphatic rings.